The molecule has 4 rings (SSSR count). The normalized spacial score (nSPS) is 12.8. The Labute approximate surface area is 210 Å². The lowest BCUT2D eigenvalue weighted by atomic mass is 9.84. The number of rotatable bonds is 6. The van der Waals surface area contributed by atoms with Crippen molar-refractivity contribution in [2.75, 3.05) is 11.5 Å². The molecule has 2 nitrogen and oxygen atoms in total. The molecular weight excluding hydrogens is 466 g/mol. The molecule has 1 unspecified atom stereocenters. The third kappa shape index (κ3) is 5.16. The second kappa shape index (κ2) is 10.4. The van der Waals surface area contributed by atoms with E-state index in [-0.39, 0.29) is 11.7 Å². The van der Waals surface area contributed by atoms with Gasteiger partial charge in [-0.05, 0) is 72.0 Å². The zero-order chi connectivity index (χ0) is 24.2. The molecule has 1 aromatic heterocycles. The number of anilines is 1. The average molecular weight is 491 g/mol. The Morgan fingerprint density at radius 1 is 0.882 bits per heavy atom. The fourth-order valence-corrected chi connectivity index (χ4v) is 4.52. The van der Waals surface area contributed by atoms with Gasteiger partial charge in [0.1, 0.15) is 5.82 Å². The van der Waals surface area contributed by atoms with Gasteiger partial charge in [-0.1, -0.05) is 66.2 Å². The highest BCUT2D eigenvalue weighted by Gasteiger charge is 2.21. The molecule has 34 heavy (non-hydrogen) atoms. The summed E-state index contributed by atoms with van der Waals surface area (Å²) in [6, 6.07) is 26.7. The first-order chi connectivity index (χ1) is 16.3. The number of aromatic nitrogens is 1. The Morgan fingerprint density at radius 2 is 1.59 bits per heavy atom. The number of allylic oxidation sites excluding steroid dienone is 1. The summed E-state index contributed by atoms with van der Waals surface area (Å²) < 4.78 is 15.8. The van der Waals surface area contributed by atoms with E-state index in [4.69, 9.17) is 23.4 Å². The van der Waals surface area contributed by atoms with Crippen LogP contribution in [0.3, 0.4) is 0 Å². The monoisotopic (exact) mass is 490 g/mol. The maximum atomic E-state index is 14.2. The van der Waals surface area contributed by atoms with Crippen molar-refractivity contribution < 1.29 is 4.39 Å². The van der Waals surface area contributed by atoms with Crippen LogP contribution in [0.15, 0.2) is 91.1 Å². The summed E-state index contributed by atoms with van der Waals surface area (Å²) in [6.45, 7) is 3.94. The van der Waals surface area contributed by atoms with Crippen molar-refractivity contribution in [2.45, 2.75) is 19.8 Å². The van der Waals surface area contributed by atoms with Crippen LogP contribution in [0.4, 0.5) is 10.1 Å². The Kier molecular flexibility index (Phi) is 7.35. The molecule has 0 amide bonds. The van der Waals surface area contributed by atoms with Crippen LogP contribution in [0.1, 0.15) is 46.4 Å². The van der Waals surface area contributed by atoms with Crippen LogP contribution in [0.2, 0.25) is 0 Å². The summed E-state index contributed by atoms with van der Waals surface area (Å²) in [5, 5.41) is 0.607. The third-order valence-corrected chi connectivity index (χ3v) is 6.58. The van der Waals surface area contributed by atoms with Crippen LogP contribution in [0.5, 0.6) is 0 Å². The summed E-state index contributed by atoms with van der Waals surface area (Å²) in [5.74, 6) is -0.503. The molecular formula is C29H25Cl2FN2. The smallest absolute Gasteiger partial charge is 0.123 e. The summed E-state index contributed by atoms with van der Waals surface area (Å²) in [5.41, 5.74) is 7.25. The maximum Gasteiger partial charge on any atom is 0.123 e. The predicted octanol–water partition coefficient (Wildman–Crippen LogP) is 8.43. The molecule has 0 bridgehead atoms. The molecule has 4 aromatic rings. The molecule has 0 N–H and O–H groups in total. The molecule has 172 valence electrons. The number of halogens is 3. The minimum Gasteiger partial charge on any atom is -0.288 e. The van der Waals surface area contributed by atoms with Gasteiger partial charge in [-0.2, -0.15) is 0 Å². The first-order valence-corrected chi connectivity index (χ1v) is 11.7. The Morgan fingerprint density at radius 3 is 2.24 bits per heavy atom. The number of aryl methyl sites for hydroxylation is 1. The molecule has 0 aliphatic rings. The SMILES string of the molecule is C/C(=C(/Cl)c1cc(C(c2ccc(C)nc2)c2cccc(F)c2)ccc1N(C)Cl)c1ccccc1. The standard InChI is InChI=1S/C29H25Cl2FN2/c1-19-12-13-24(18-33-19)28(22-10-7-11-25(32)16-22)23-14-15-27(34(3)31)26(17-23)29(30)20(2)21-8-5-4-6-9-21/h4-18,28H,1-3H3/b29-20-. The number of hydrogen-bond donors (Lipinski definition) is 0. The minimum atomic E-state index is -0.280. The highest BCUT2D eigenvalue weighted by atomic mass is 35.5. The van der Waals surface area contributed by atoms with Crippen molar-refractivity contribution in [2.24, 2.45) is 0 Å². The molecule has 1 atom stereocenters. The zero-order valence-electron chi connectivity index (χ0n) is 19.3. The van der Waals surface area contributed by atoms with E-state index in [0.29, 0.717) is 5.03 Å². The first kappa shape index (κ1) is 24.0. The van der Waals surface area contributed by atoms with Gasteiger partial charge in [0.05, 0.1) is 10.7 Å². The average Bonchev–Trinajstić information content (AvgIpc) is 2.85. The highest BCUT2D eigenvalue weighted by molar-refractivity contribution is 6.53. The molecule has 5 heteroatoms. The van der Waals surface area contributed by atoms with E-state index in [0.717, 1.165) is 44.8 Å². The topological polar surface area (TPSA) is 16.1 Å². The van der Waals surface area contributed by atoms with Crippen LogP contribution in [0.25, 0.3) is 10.6 Å². The van der Waals surface area contributed by atoms with Gasteiger partial charge < -0.3 is 0 Å². The van der Waals surface area contributed by atoms with Crippen LogP contribution >= 0.6 is 23.4 Å². The molecule has 3 aromatic carbocycles. The Bertz CT molecular complexity index is 1320. The minimum absolute atomic E-state index is 0.223. The molecule has 0 aliphatic carbocycles. The number of hydrogen-bond acceptors (Lipinski definition) is 2. The lowest BCUT2D eigenvalue weighted by molar-refractivity contribution is 0.625. The molecule has 0 fully saturated rings. The van der Waals surface area contributed by atoms with Crippen LogP contribution in [-0.4, -0.2) is 12.0 Å². The van der Waals surface area contributed by atoms with Gasteiger partial charge in [0.15, 0.2) is 0 Å². The van der Waals surface area contributed by atoms with Gasteiger partial charge in [0, 0.05) is 42.2 Å². The van der Waals surface area contributed by atoms with Gasteiger partial charge >= 0.3 is 0 Å². The fraction of sp³-hybridized carbons (Fsp3) is 0.138. The zero-order valence-corrected chi connectivity index (χ0v) is 20.8. The van der Waals surface area contributed by atoms with Crippen LogP contribution in [0, 0.1) is 12.7 Å². The van der Waals surface area contributed by atoms with Crippen LogP contribution < -0.4 is 4.42 Å². The summed E-state index contributed by atoms with van der Waals surface area (Å²) in [6.07, 6.45) is 1.85. The lowest BCUT2D eigenvalue weighted by Crippen LogP contribution is -2.08. The van der Waals surface area contributed by atoms with Crippen molar-refractivity contribution in [3.63, 3.8) is 0 Å². The highest BCUT2D eigenvalue weighted by Crippen LogP contribution is 2.40. The molecule has 0 saturated carbocycles. The van der Waals surface area contributed by atoms with Gasteiger partial charge in [-0.25, -0.2) is 4.39 Å². The third-order valence-electron chi connectivity index (χ3n) is 5.91. The summed E-state index contributed by atoms with van der Waals surface area (Å²) in [4.78, 5) is 4.49. The molecule has 0 radical (unpaired) electrons. The Balaban J connectivity index is 1.92. The van der Waals surface area contributed by atoms with E-state index in [1.165, 1.54) is 10.5 Å². The van der Waals surface area contributed by atoms with E-state index in [2.05, 4.69) is 4.98 Å². The van der Waals surface area contributed by atoms with Gasteiger partial charge in [0.25, 0.3) is 0 Å². The van der Waals surface area contributed by atoms with Crippen molar-refractivity contribution in [1.29, 1.82) is 0 Å². The van der Waals surface area contributed by atoms with Crippen molar-refractivity contribution >= 4 is 39.7 Å². The quantitative estimate of drug-likeness (QED) is 0.199. The molecule has 1 heterocycles. The maximum absolute atomic E-state index is 14.2. The fourth-order valence-electron chi connectivity index (χ4n) is 4.11. The van der Waals surface area contributed by atoms with E-state index in [1.807, 2.05) is 86.8 Å². The van der Waals surface area contributed by atoms with Gasteiger partial charge in [-0.3, -0.25) is 9.40 Å². The largest absolute Gasteiger partial charge is 0.288 e. The van der Waals surface area contributed by atoms with E-state index >= 15 is 0 Å². The van der Waals surface area contributed by atoms with E-state index in [1.54, 1.807) is 19.2 Å². The van der Waals surface area contributed by atoms with E-state index in [9.17, 15) is 4.39 Å². The van der Waals surface area contributed by atoms with E-state index < -0.39 is 0 Å². The van der Waals surface area contributed by atoms with Crippen LogP contribution in [-0.2, 0) is 0 Å². The predicted molar refractivity (Wildman–Crippen MR) is 142 cm³/mol. The summed E-state index contributed by atoms with van der Waals surface area (Å²) >= 11 is 13.4. The lowest BCUT2D eigenvalue weighted by Gasteiger charge is -2.23. The van der Waals surface area contributed by atoms with Crippen molar-refractivity contribution in [3.8, 4) is 0 Å². The van der Waals surface area contributed by atoms with Crippen molar-refractivity contribution in [3.05, 3.63) is 130 Å². The first-order valence-electron chi connectivity index (χ1n) is 11.0. The second-order valence-electron chi connectivity index (χ2n) is 8.28. The van der Waals surface area contributed by atoms with Gasteiger partial charge in [0.2, 0.25) is 0 Å². The second-order valence-corrected chi connectivity index (χ2v) is 9.16. The van der Waals surface area contributed by atoms with Crippen molar-refractivity contribution in [1.82, 2.24) is 4.98 Å². The Hall–Kier alpha value is -3.14. The number of benzene rings is 3. The van der Waals surface area contributed by atoms with Gasteiger partial charge in [-0.15, -0.1) is 0 Å². The number of pyridine rings is 1. The molecule has 0 saturated heterocycles. The summed E-state index contributed by atoms with van der Waals surface area (Å²) in [7, 11) is 1.77. The number of nitrogens with zero attached hydrogens (tertiary/aromatic N) is 2. The molecule has 0 spiro atoms. The molecule has 0 aliphatic heterocycles.